The fourth-order valence-corrected chi connectivity index (χ4v) is 5.54. The largest absolute Gasteiger partial charge is 0.493 e. The van der Waals surface area contributed by atoms with Crippen molar-refractivity contribution in [3.63, 3.8) is 0 Å². The molecule has 0 atom stereocenters. The summed E-state index contributed by atoms with van der Waals surface area (Å²) < 4.78 is 10.5. The molecule has 1 aliphatic carbocycles. The van der Waals surface area contributed by atoms with Crippen LogP contribution >= 0.6 is 11.3 Å². The van der Waals surface area contributed by atoms with E-state index in [1.165, 1.54) is 18.4 Å². The first kappa shape index (κ1) is 26.7. The lowest BCUT2D eigenvalue weighted by Gasteiger charge is -2.13. The summed E-state index contributed by atoms with van der Waals surface area (Å²) in [7, 11) is 1.37. The second kappa shape index (κ2) is 12.8. The Morgan fingerprint density at radius 3 is 2.49 bits per heavy atom. The van der Waals surface area contributed by atoms with E-state index in [1.807, 2.05) is 54.8 Å². The lowest BCUT2D eigenvalue weighted by molar-refractivity contribution is -0.139. The number of carbonyl (C=O) groups is 3. The zero-order valence-electron chi connectivity index (χ0n) is 21.5. The van der Waals surface area contributed by atoms with E-state index < -0.39 is 0 Å². The van der Waals surface area contributed by atoms with Gasteiger partial charge in [-0.25, -0.2) is 4.98 Å². The molecule has 0 spiro atoms. The fraction of sp³-hybridized carbons (Fsp3) is 0.400. The molecule has 0 bridgehead atoms. The molecule has 0 saturated heterocycles. The minimum atomic E-state index is -0.275. The van der Waals surface area contributed by atoms with Crippen molar-refractivity contribution in [1.82, 2.24) is 4.98 Å². The number of thiazole rings is 1. The highest BCUT2D eigenvalue weighted by Crippen LogP contribution is 2.30. The predicted molar refractivity (Wildman–Crippen MR) is 143 cm³/mol. The van der Waals surface area contributed by atoms with E-state index in [2.05, 4.69) is 9.72 Å². The van der Waals surface area contributed by atoms with Gasteiger partial charge in [-0.3, -0.25) is 14.4 Å². The van der Waals surface area contributed by atoms with E-state index in [-0.39, 0.29) is 42.7 Å². The molecule has 194 valence electrons. The predicted octanol–water partition coefficient (Wildman–Crippen LogP) is 5.52. The number of aromatic nitrogens is 1. The van der Waals surface area contributed by atoms with E-state index in [0.29, 0.717) is 13.0 Å². The molecule has 0 aliphatic heterocycles. The van der Waals surface area contributed by atoms with Crippen LogP contribution in [0.1, 0.15) is 63.4 Å². The van der Waals surface area contributed by atoms with Crippen molar-refractivity contribution in [2.75, 3.05) is 13.7 Å². The van der Waals surface area contributed by atoms with Crippen LogP contribution in [0.3, 0.4) is 0 Å². The first-order valence-corrected chi connectivity index (χ1v) is 13.7. The first-order chi connectivity index (χ1) is 17.9. The topological polar surface area (TPSA) is 82.6 Å². The summed E-state index contributed by atoms with van der Waals surface area (Å²) in [5, 5.41) is 2.75. The summed E-state index contributed by atoms with van der Waals surface area (Å²) in [4.78, 5) is 42.0. The third-order valence-corrected chi connectivity index (χ3v) is 7.62. The lowest BCUT2D eigenvalue weighted by atomic mass is 9.90. The molecule has 6 nitrogen and oxygen atoms in total. The van der Waals surface area contributed by atoms with Crippen LogP contribution in [0, 0.1) is 12.8 Å². The molecule has 3 aromatic rings. The number of carbonyl (C=O) groups excluding carboxylic acids is 3. The van der Waals surface area contributed by atoms with Crippen LogP contribution < -0.4 is 4.74 Å². The third kappa shape index (κ3) is 7.59. The van der Waals surface area contributed by atoms with Gasteiger partial charge < -0.3 is 9.47 Å². The van der Waals surface area contributed by atoms with Crippen LogP contribution in [-0.4, -0.2) is 36.2 Å². The van der Waals surface area contributed by atoms with Crippen molar-refractivity contribution in [3.8, 4) is 5.75 Å². The minimum Gasteiger partial charge on any atom is -0.493 e. The molecule has 7 heteroatoms. The fourth-order valence-electron chi connectivity index (χ4n) is 4.69. The lowest BCUT2D eigenvalue weighted by Crippen LogP contribution is -2.16. The number of methoxy groups -OCH3 is 1. The molecule has 2 aromatic carbocycles. The molecule has 0 amide bonds. The highest BCUT2D eigenvalue weighted by atomic mass is 32.1. The number of benzene rings is 2. The van der Waals surface area contributed by atoms with Crippen LogP contribution in [0.2, 0.25) is 0 Å². The summed E-state index contributed by atoms with van der Waals surface area (Å²) in [6, 6.07) is 13.2. The Kier molecular flexibility index (Phi) is 9.23. The second-order valence-electron chi connectivity index (χ2n) is 9.63. The average molecular weight is 520 g/mol. The van der Waals surface area contributed by atoms with Gasteiger partial charge in [0.05, 0.1) is 32.3 Å². The molecule has 0 N–H and O–H groups in total. The molecule has 37 heavy (non-hydrogen) atoms. The van der Waals surface area contributed by atoms with Gasteiger partial charge in [0, 0.05) is 29.7 Å². The highest BCUT2D eigenvalue weighted by molar-refractivity contribution is 7.09. The molecular weight excluding hydrogens is 486 g/mol. The Labute approximate surface area is 222 Å². The normalized spacial score (nSPS) is 13.5. The Morgan fingerprint density at radius 2 is 1.76 bits per heavy atom. The molecule has 0 radical (unpaired) electrons. The molecule has 1 heterocycles. The van der Waals surface area contributed by atoms with E-state index in [9.17, 15) is 14.4 Å². The smallest absolute Gasteiger partial charge is 0.309 e. The van der Waals surface area contributed by atoms with Gasteiger partial charge >= 0.3 is 5.97 Å². The second-order valence-corrected chi connectivity index (χ2v) is 10.6. The number of rotatable bonds is 12. The van der Waals surface area contributed by atoms with Gasteiger partial charge in [0.1, 0.15) is 16.5 Å². The molecule has 1 saturated carbocycles. The van der Waals surface area contributed by atoms with Crippen molar-refractivity contribution in [2.45, 2.75) is 58.3 Å². The van der Waals surface area contributed by atoms with Gasteiger partial charge in [-0.2, -0.15) is 0 Å². The number of ketones is 2. The Morgan fingerprint density at radius 1 is 1.00 bits per heavy atom. The average Bonchev–Trinajstić information content (AvgIpc) is 3.58. The van der Waals surface area contributed by atoms with Gasteiger partial charge in [0.15, 0.2) is 5.78 Å². The molecule has 0 unspecified atom stereocenters. The maximum atomic E-state index is 13.1. The zero-order valence-corrected chi connectivity index (χ0v) is 22.3. The number of ether oxygens (including phenoxy) is 2. The van der Waals surface area contributed by atoms with Gasteiger partial charge in [-0.1, -0.05) is 42.7 Å². The molecule has 1 aromatic heterocycles. The number of Topliss-reactive ketones (excluding diaryl/α,β-unsaturated/α-hetero) is 2. The van der Waals surface area contributed by atoms with Crippen molar-refractivity contribution in [1.29, 1.82) is 0 Å². The number of aryl methyl sites for hydroxylation is 1. The molecule has 4 rings (SSSR count). The summed E-state index contributed by atoms with van der Waals surface area (Å²) in [6.45, 7) is 2.45. The minimum absolute atomic E-state index is 0.0634. The van der Waals surface area contributed by atoms with Crippen LogP contribution in [0.25, 0.3) is 0 Å². The number of nitrogens with zero attached hydrogens (tertiary/aromatic N) is 1. The summed E-state index contributed by atoms with van der Waals surface area (Å²) >= 11 is 1.48. The highest BCUT2D eigenvalue weighted by Gasteiger charge is 2.26. The van der Waals surface area contributed by atoms with E-state index in [1.54, 1.807) is 0 Å². The van der Waals surface area contributed by atoms with Gasteiger partial charge in [0.25, 0.3) is 0 Å². The van der Waals surface area contributed by atoms with Crippen LogP contribution in [0.5, 0.6) is 5.75 Å². The number of hydrogen-bond acceptors (Lipinski definition) is 7. The summed E-state index contributed by atoms with van der Waals surface area (Å²) in [5.74, 6) is 0.799. The number of esters is 1. The zero-order chi connectivity index (χ0) is 26.2. The van der Waals surface area contributed by atoms with E-state index in [0.717, 1.165) is 64.4 Å². The molecule has 1 fully saturated rings. The maximum absolute atomic E-state index is 13.1. The first-order valence-electron chi connectivity index (χ1n) is 12.8. The third-order valence-electron chi connectivity index (χ3n) is 6.72. The van der Waals surface area contributed by atoms with Crippen LogP contribution in [0.4, 0.5) is 0 Å². The van der Waals surface area contributed by atoms with Gasteiger partial charge in [-0.15, -0.1) is 11.3 Å². The van der Waals surface area contributed by atoms with Crippen molar-refractivity contribution < 1.29 is 23.9 Å². The van der Waals surface area contributed by atoms with Crippen molar-refractivity contribution in [3.05, 3.63) is 80.8 Å². The maximum Gasteiger partial charge on any atom is 0.309 e. The van der Waals surface area contributed by atoms with Crippen LogP contribution in [-0.2, 0) is 40.0 Å². The van der Waals surface area contributed by atoms with Gasteiger partial charge in [0.2, 0.25) is 0 Å². The summed E-state index contributed by atoms with van der Waals surface area (Å²) in [6.07, 6.45) is 5.50. The quantitative estimate of drug-likeness (QED) is 0.232. The molecule has 1 aliphatic rings. The monoisotopic (exact) mass is 519 g/mol. The van der Waals surface area contributed by atoms with Crippen molar-refractivity contribution >= 4 is 28.9 Å². The number of hydrogen-bond donors (Lipinski definition) is 0. The van der Waals surface area contributed by atoms with Crippen LogP contribution in [0.15, 0.2) is 47.8 Å². The Hall–Kier alpha value is -3.32. The summed E-state index contributed by atoms with van der Waals surface area (Å²) in [5.41, 5.74) is 4.35. The van der Waals surface area contributed by atoms with Crippen molar-refractivity contribution in [2.24, 2.45) is 5.92 Å². The SMILES string of the molecule is COC(=O)Cc1ccc(OCCc2csc(CC(=O)Cc3ccc(C)cc3C(=O)C3CCCC3)n2)cc1. The van der Waals surface area contributed by atoms with E-state index >= 15 is 0 Å². The van der Waals surface area contributed by atoms with E-state index in [4.69, 9.17) is 4.74 Å². The van der Waals surface area contributed by atoms with Gasteiger partial charge in [-0.05, 0) is 49.1 Å². The Bertz CT molecular complexity index is 1240. The molecular formula is C30H33NO5S. The standard InChI is InChI=1S/C30H33NO5S/c1-20-7-10-23(27(15-20)30(34)22-5-3-4-6-22)17-25(32)18-28-31-24(19-37-28)13-14-36-26-11-8-21(9-12-26)16-29(33)35-2/h7-12,15,19,22H,3-6,13-14,16-18H2,1-2H3. The Balaban J connectivity index is 1.27.